The van der Waals surface area contributed by atoms with Crippen molar-refractivity contribution in [2.75, 3.05) is 12.9 Å². The van der Waals surface area contributed by atoms with Gasteiger partial charge in [-0.1, -0.05) is 12.1 Å². The molecule has 1 fully saturated rings. The van der Waals surface area contributed by atoms with Crippen LogP contribution in [0.3, 0.4) is 0 Å². The van der Waals surface area contributed by atoms with Crippen LogP contribution in [0, 0.1) is 6.92 Å². The first-order chi connectivity index (χ1) is 18.5. The van der Waals surface area contributed by atoms with Gasteiger partial charge in [-0.15, -0.1) is 16.9 Å². The zero-order chi connectivity index (χ0) is 28.7. The minimum atomic E-state index is -1.37. The summed E-state index contributed by atoms with van der Waals surface area (Å²) in [6.45, 7) is 6.15. The molecule has 13 heteroatoms. The molecule has 39 heavy (non-hydrogen) atoms. The van der Waals surface area contributed by atoms with Crippen LogP contribution in [0.2, 0.25) is 0 Å². The number of hydrogen-bond acceptors (Lipinski definition) is 12. The molecule has 3 rings (SSSR count). The minimum absolute atomic E-state index is 0.169. The van der Waals surface area contributed by atoms with Gasteiger partial charge in [-0.05, 0) is 30.9 Å². The first kappa shape index (κ1) is 30.0. The number of H-pyrrole nitrogens is 1. The Hall–Kier alpha value is -3.58. The summed E-state index contributed by atoms with van der Waals surface area (Å²) in [5.74, 6) is -2.61. The molecule has 0 radical (unpaired) electrons. The summed E-state index contributed by atoms with van der Waals surface area (Å²) in [4.78, 5) is 48.6. The molecule has 1 unspecified atom stereocenters. The topological polar surface area (TPSA) is 152 Å². The fourth-order valence-electron chi connectivity index (χ4n) is 4.08. The highest BCUT2D eigenvalue weighted by molar-refractivity contribution is 7.98. The number of benzene rings is 1. The van der Waals surface area contributed by atoms with E-state index in [1.54, 1.807) is 11.8 Å². The molecule has 2 heterocycles. The fourth-order valence-corrected chi connectivity index (χ4v) is 4.49. The van der Waals surface area contributed by atoms with E-state index >= 15 is 0 Å². The molecule has 1 aliphatic heterocycles. The van der Waals surface area contributed by atoms with Crippen LogP contribution in [-0.4, -0.2) is 77.6 Å². The quantitative estimate of drug-likeness (QED) is 0.256. The van der Waals surface area contributed by atoms with E-state index in [4.69, 9.17) is 28.4 Å². The van der Waals surface area contributed by atoms with Crippen molar-refractivity contribution in [1.29, 1.82) is 0 Å². The van der Waals surface area contributed by atoms with Gasteiger partial charge < -0.3 is 28.4 Å². The number of aromatic amines is 1. The Morgan fingerprint density at radius 2 is 1.49 bits per heavy atom. The van der Waals surface area contributed by atoms with Crippen molar-refractivity contribution < 1.29 is 47.6 Å². The van der Waals surface area contributed by atoms with Crippen LogP contribution in [0.15, 0.2) is 29.2 Å². The lowest BCUT2D eigenvalue weighted by molar-refractivity contribution is -0.289. The lowest BCUT2D eigenvalue weighted by atomic mass is 9.98. The zero-order valence-electron chi connectivity index (χ0n) is 22.5. The zero-order valence-corrected chi connectivity index (χ0v) is 23.4. The van der Waals surface area contributed by atoms with Crippen molar-refractivity contribution in [2.45, 2.75) is 76.6 Å². The summed E-state index contributed by atoms with van der Waals surface area (Å²) in [6, 6.07) is 8.01. The van der Waals surface area contributed by atoms with Gasteiger partial charge >= 0.3 is 23.9 Å². The van der Waals surface area contributed by atoms with Crippen LogP contribution in [0.4, 0.5) is 0 Å². The third-order valence-electron chi connectivity index (χ3n) is 5.75. The van der Waals surface area contributed by atoms with Crippen molar-refractivity contribution in [3.63, 3.8) is 0 Å². The van der Waals surface area contributed by atoms with Gasteiger partial charge in [0.25, 0.3) is 0 Å². The average molecular weight is 565 g/mol. The molecule has 2 aromatic rings. The molecule has 0 saturated carbocycles. The molecule has 0 aliphatic carbocycles. The van der Waals surface area contributed by atoms with Gasteiger partial charge in [-0.25, -0.2) is 0 Å². The van der Waals surface area contributed by atoms with Crippen molar-refractivity contribution >= 4 is 35.6 Å². The number of nitrogens with one attached hydrogen (secondary N) is 1. The Morgan fingerprint density at radius 1 is 0.897 bits per heavy atom. The second kappa shape index (κ2) is 13.5. The molecule has 12 nitrogen and oxygen atoms in total. The van der Waals surface area contributed by atoms with Crippen LogP contribution in [0.1, 0.15) is 44.5 Å². The van der Waals surface area contributed by atoms with Crippen LogP contribution in [0.25, 0.3) is 0 Å². The molecule has 0 amide bonds. The summed E-state index contributed by atoms with van der Waals surface area (Å²) < 4.78 is 33.5. The normalized spacial score (nSPS) is 22.5. The predicted molar refractivity (Wildman–Crippen MR) is 137 cm³/mol. The van der Waals surface area contributed by atoms with Gasteiger partial charge in [0, 0.05) is 50.3 Å². The van der Waals surface area contributed by atoms with E-state index in [0.29, 0.717) is 6.42 Å². The summed E-state index contributed by atoms with van der Waals surface area (Å²) in [7, 11) is 0. The Labute approximate surface area is 230 Å². The number of carbonyl (C=O) groups is 4. The summed E-state index contributed by atoms with van der Waals surface area (Å²) >= 11 is 1.63. The number of aromatic nitrogens is 2. The number of nitrogens with zero attached hydrogens (tertiary/aromatic N) is 1. The second-order valence-corrected chi connectivity index (χ2v) is 9.72. The predicted octanol–water partition coefficient (Wildman–Crippen LogP) is 2.49. The first-order valence-corrected chi connectivity index (χ1v) is 13.3. The lowest BCUT2D eigenvalue weighted by Crippen LogP contribution is -2.63. The maximum atomic E-state index is 12.1. The van der Waals surface area contributed by atoms with E-state index < -0.39 is 54.6 Å². The van der Waals surface area contributed by atoms with Crippen LogP contribution in [0.5, 0.6) is 5.88 Å². The molecular formula is C26H32N2O10S. The number of thioether (sulfide) groups is 1. The smallest absolute Gasteiger partial charge is 0.303 e. The molecule has 0 spiro atoms. The molecule has 212 valence electrons. The number of carbonyl (C=O) groups excluding carboxylic acids is 4. The van der Waals surface area contributed by atoms with Crippen LogP contribution < -0.4 is 4.74 Å². The molecule has 1 aromatic carbocycles. The van der Waals surface area contributed by atoms with Gasteiger partial charge in [0.05, 0.1) is 0 Å². The van der Waals surface area contributed by atoms with Gasteiger partial charge in [0.1, 0.15) is 12.7 Å². The lowest BCUT2D eigenvalue weighted by Gasteiger charge is -2.43. The fraction of sp³-hybridized carbons (Fsp3) is 0.500. The van der Waals surface area contributed by atoms with E-state index in [2.05, 4.69) is 10.2 Å². The second-order valence-electron chi connectivity index (χ2n) is 8.84. The molecular weight excluding hydrogens is 532 g/mol. The third-order valence-corrected chi connectivity index (χ3v) is 6.50. The highest BCUT2D eigenvalue weighted by Crippen LogP contribution is 2.32. The SMILES string of the molecule is CSc1ccc(Cc2c(OC3O[C@H](COC(C)=O)[C@@H](OC(C)=O)[C@H](OC(C)=O)[C@H]3OC(C)=O)n[nH]c2C)cc1. The number of rotatable bonds is 10. The number of esters is 4. The highest BCUT2D eigenvalue weighted by Gasteiger charge is 2.53. The molecule has 1 aliphatic rings. The van der Waals surface area contributed by atoms with E-state index in [1.165, 1.54) is 6.92 Å². The molecule has 1 N–H and O–H groups in total. The third kappa shape index (κ3) is 8.20. The molecule has 5 atom stereocenters. The standard InChI is InChI=1S/C26H32N2O10S/c1-13-20(11-18-7-9-19(39-6)10-8-18)25(28-27-13)38-26-24(36-17(5)32)23(35-16(4)31)22(34-15(3)30)21(37-26)12-33-14(2)29/h7-10,21-24,26H,11-12H2,1-6H3,(H,27,28)/t21-,22-,23+,24-,26?/m1/s1. The first-order valence-electron chi connectivity index (χ1n) is 12.1. The van der Waals surface area contributed by atoms with Crippen LogP contribution >= 0.6 is 11.8 Å². The van der Waals surface area contributed by atoms with E-state index in [0.717, 1.165) is 42.5 Å². The maximum Gasteiger partial charge on any atom is 0.303 e. The summed E-state index contributed by atoms with van der Waals surface area (Å²) in [6.07, 6.45) is -3.99. The van der Waals surface area contributed by atoms with Crippen molar-refractivity contribution in [1.82, 2.24) is 10.2 Å². The molecule has 1 aromatic heterocycles. The van der Waals surface area contributed by atoms with E-state index in [9.17, 15) is 19.2 Å². The number of aryl methyl sites for hydroxylation is 1. The Kier molecular flexibility index (Phi) is 10.4. The monoisotopic (exact) mass is 564 g/mol. The minimum Gasteiger partial charge on any atom is -0.463 e. The maximum absolute atomic E-state index is 12.1. The Balaban J connectivity index is 1.97. The molecule has 1 saturated heterocycles. The Morgan fingerprint density at radius 3 is 2.05 bits per heavy atom. The van der Waals surface area contributed by atoms with E-state index in [1.807, 2.05) is 37.4 Å². The average Bonchev–Trinajstić information content (AvgIpc) is 3.19. The largest absolute Gasteiger partial charge is 0.463 e. The van der Waals surface area contributed by atoms with Crippen molar-refractivity contribution in [2.24, 2.45) is 0 Å². The van der Waals surface area contributed by atoms with E-state index in [-0.39, 0.29) is 12.5 Å². The van der Waals surface area contributed by atoms with Gasteiger partial charge in [0.2, 0.25) is 18.3 Å². The Bertz CT molecular complexity index is 1180. The van der Waals surface area contributed by atoms with Gasteiger partial charge in [-0.3, -0.25) is 24.3 Å². The van der Waals surface area contributed by atoms with Gasteiger partial charge in [-0.2, -0.15) is 0 Å². The van der Waals surface area contributed by atoms with Crippen molar-refractivity contribution in [3.8, 4) is 5.88 Å². The van der Waals surface area contributed by atoms with Crippen molar-refractivity contribution in [3.05, 3.63) is 41.1 Å². The summed E-state index contributed by atoms with van der Waals surface area (Å²) in [5, 5.41) is 7.14. The molecule has 0 bridgehead atoms. The number of ether oxygens (including phenoxy) is 6. The number of hydrogen-bond donors (Lipinski definition) is 1. The van der Waals surface area contributed by atoms with Gasteiger partial charge in [0.15, 0.2) is 12.2 Å². The summed E-state index contributed by atoms with van der Waals surface area (Å²) in [5.41, 5.74) is 2.47. The highest BCUT2D eigenvalue weighted by atomic mass is 32.2. The van der Waals surface area contributed by atoms with Crippen LogP contribution in [-0.2, 0) is 49.3 Å².